The molecule has 0 aromatic heterocycles. The molecule has 1 heterocycles. The molecule has 2 nitrogen and oxygen atoms in total. The van der Waals surface area contributed by atoms with Crippen LogP contribution in [0.25, 0.3) is 0 Å². The van der Waals surface area contributed by atoms with Crippen LogP contribution in [0.2, 0.25) is 5.02 Å². The maximum Gasteiger partial charge on any atom is 0.145 e. The highest BCUT2D eigenvalue weighted by Gasteiger charge is 2.31. The summed E-state index contributed by atoms with van der Waals surface area (Å²) in [6, 6.07) is 2.65. The summed E-state index contributed by atoms with van der Waals surface area (Å²) >= 11 is 5.66. The molecular weight excluding hydrogens is 205 g/mol. The summed E-state index contributed by atoms with van der Waals surface area (Å²) < 4.78 is 18.6. The van der Waals surface area contributed by atoms with E-state index in [1.54, 1.807) is 6.07 Å². The highest BCUT2D eigenvalue weighted by molar-refractivity contribution is 6.30. The average Bonchev–Trinajstić information content (AvgIpc) is 2.45. The number of hydrogen-bond donors (Lipinski definition) is 1. The molecule has 1 aromatic carbocycles. The van der Waals surface area contributed by atoms with Crippen molar-refractivity contribution >= 4 is 11.6 Å². The Morgan fingerprint density at radius 2 is 2.29 bits per heavy atom. The molecule has 0 spiro atoms. The number of ether oxygens (including phenoxy) is 1. The zero-order valence-electron chi connectivity index (χ0n) is 7.76. The fraction of sp³-hybridized carbons (Fsp3) is 0.400. The molecule has 2 rings (SSSR count). The predicted octanol–water partition coefficient (Wildman–Crippen LogP) is 2.65. The molecule has 0 saturated carbocycles. The minimum absolute atomic E-state index is 0.0668. The summed E-state index contributed by atoms with van der Waals surface area (Å²) in [6.07, 6.45) is 0.734. The van der Waals surface area contributed by atoms with E-state index < -0.39 is 5.82 Å². The van der Waals surface area contributed by atoms with Crippen LogP contribution in [0, 0.1) is 5.82 Å². The van der Waals surface area contributed by atoms with Crippen LogP contribution < -0.4 is 10.5 Å². The van der Waals surface area contributed by atoms with Gasteiger partial charge in [-0.05, 0) is 12.5 Å². The van der Waals surface area contributed by atoms with Gasteiger partial charge in [0.05, 0.1) is 11.1 Å². The summed E-state index contributed by atoms with van der Waals surface area (Å²) in [4.78, 5) is 0. The van der Waals surface area contributed by atoms with Crippen molar-refractivity contribution in [2.24, 2.45) is 5.73 Å². The maximum absolute atomic E-state index is 13.1. The second-order valence-corrected chi connectivity index (χ2v) is 3.80. The molecule has 2 N–H and O–H groups in total. The highest BCUT2D eigenvalue weighted by Crippen LogP contribution is 2.38. The van der Waals surface area contributed by atoms with Gasteiger partial charge < -0.3 is 10.5 Å². The molecular formula is C10H11ClFNO. The Kier molecular flexibility index (Phi) is 2.37. The summed E-state index contributed by atoms with van der Waals surface area (Å²) in [5, 5.41) is 0.0968. The quantitative estimate of drug-likeness (QED) is 0.782. The van der Waals surface area contributed by atoms with Gasteiger partial charge in [0.1, 0.15) is 17.7 Å². The third-order valence-corrected chi connectivity index (χ3v) is 2.78. The predicted molar refractivity (Wildman–Crippen MR) is 53.0 cm³/mol. The van der Waals surface area contributed by atoms with E-state index in [0.29, 0.717) is 5.75 Å². The van der Waals surface area contributed by atoms with Crippen molar-refractivity contribution < 1.29 is 9.13 Å². The van der Waals surface area contributed by atoms with Gasteiger partial charge >= 0.3 is 0 Å². The number of halogens is 2. The molecule has 0 radical (unpaired) electrons. The van der Waals surface area contributed by atoms with Gasteiger partial charge in [0.2, 0.25) is 0 Å². The van der Waals surface area contributed by atoms with Crippen LogP contribution in [0.15, 0.2) is 12.1 Å². The second-order valence-electron chi connectivity index (χ2n) is 3.39. The Balaban J connectivity index is 2.44. The van der Waals surface area contributed by atoms with Crippen molar-refractivity contribution in [1.82, 2.24) is 0 Å². The fourth-order valence-electron chi connectivity index (χ4n) is 1.68. The molecule has 1 aliphatic heterocycles. The Labute approximate surface area is 86.8 Å². The van der Waals surface area contributed by atoms with Crippen molar-refractivity contribution in [1.29, 1.82) is 0 Å². The van der Waals surface area contributed by atoms with Crippen LogP contribution in [0.1, 0.15) is 24.9 Å². The van der Waals surface area contributed by atoms with Gasteiger partial charge in [0.15, 0.2) is 0 Å². The number of nitrogens with two attached hydrogens (primary N) is 1. The Morgan fingerprint density at radius 3 is 2.93 bits per heavy atom. The fourth-order valence-corrected chi connectivity index (χ4v) is 1.85. The van der Waals surface area contributed by atoms with Gasteiger partial charge in [-0.3, -0.25) is 0 Å². The van der Waals surface area contributed by atoms with Crippen LogP contribution in [0.4, 0.5) is 4.39 Å². The van der Waals surface area contributed by atoms with E-state index in [0.717, 1.165) is 12.0 Å². The van der Waals surface area contributed by atoms with Crippen molar-refractivity contribution in [2.45, 2.75) is 25.5 Å². The van der Waals surface area contributed by atoms with E-state index in [1.807, 2.05) is 6.92 Å². The van der Waals surface area contributed by atoms with Crippen LogP contribution in [-0.4, -0.2) is 6.10 Å². The van der Waals surface area contributed by atoms with Gasteiger partial charge in [-0.25, -0.2) is 4.39 Å². The lowest BCUT2D eigenvalue weighted by molar-refractivity contribution is 0.202. The Hall–Kier alpha value is -0.800. The molecule has 4 heteroatoms. The maximum atomic E-state index is 13.1. The lowest BCUT2D eigenvalue weighted by Gasteiger charge is -2.11. The first-order chi connectivity index (χ1) is 6.63. The topological polar surface area (TPSA) is 35.2 Å². The van der Waals surface area contributed by atoms with Crippen LogP contribution in [0.3, 0.4) is 0 Å². The highest BCUT2D eigenvalue weighted by atomic mass is 35.5. The number of rotatable bonds is 1. The van der Waals surface area contributed by atoms with Crippen molar-refractivity contribution in [3.63, 3.8) is 0 Å². The van der Waals surface area contributed by atoms with E-state index in [2.05, 4.69) is 0 Å². The summed E-state index contributed by atoms with van der Waals surface area (Å²) in [7, 11) is 0. The number of benzene rings is 1. The van der Waals surface area contributed by atoms with Gasteiger partial charge in [-0.1, -0.05) is 18.5 Å². The molecule has 0 saturated heterocycles. The van der Waals surface area contributed by atoms with Crippen molar-refractivity contribution in [3.8, 4) is 5.75 Å². The second kappa shape index (κ2) is 3.41. The minimum atomic E-state index is -0.464. The van der Waals surface area contributed by atoms with E-state index in [4.69, 9.17) is 22.1 Å². The summed E-state index contributed by atoms with van der Waals surface area (Å²) in [5.41, 5.74) is 6.71. The molecule has 0 aliphatic carbocycles. The van der Waals surface area contributed by atoms with E-state index in [9.17, 15) is 4.39 Å². The van der Waals surface area contributed by atoms with Gasteiger partial charge in [0.25, 0.3) is 0 Å². The molecule has 2 atom stereocenters. The molecule has 1 aromatic rings. The first-order valence-corrected chi connectivity index (χ1v) is 4.92. The lowest BCUT2D eigenvalue weighted by atomic mass is 10.0. The number of fused-ring (bicyclic) bond motifs is 1. The summed E-state index contributed by atoms with van der Waals surface area (Å²) in [6.45, 7) is 1.98. The monoisotopic (exact) mass is 215 g/mol. The molecule has 14 heavy (non-hydrogen) atoms. The minimum Gasteiger partial charge on any atom is -0.488 e. The molecule has 0 amide bonds. The SMILES string of the molecule is CCC1Oc2cc(F)c(Cl)cc2C1N. The molecule has 1 aliphatic rings. The van der Waals surface area contributed by atoms with Gasteiger partial charge in [-0.15, -0.1) is 0 Å². The zero-order chi connectivity index (χ0) is 10.3. The number of hydrogen-bond acceptors (Lipinski definition) is 2. The lowest BCUT2D eigenvalue weighted by Crippen LogP contribution is -2.24. The zero-order valence-corrected chi connectivity index (χ0v) is 8.51. The molecule has 76 valence electrons. The van der Waals surface area contributed by atoms with Crippen molar-refractivity contribution in [2.75, 3.05) is 0 Å². The third kappa shape index (κ3) is 1.37. The normalized spacial score (nSPS) is 24.6. The molecule has 0 bridgehead atoms. The van der Waals surface area contributed by atoms with E-state index in [1.165, 1.54) is 6.07 Å². The third-order valence-electron chi connectivity index (χ3n) is 2.49. The van der Waals surface area contributed by atoms with Gasteiger partial charge in [0, 0.05) is 11.6 Å². The van der Waals surface area contributed by atoms with E-state index >= 15 is 0 Å². The van der Waals surface area contributed by atoms with Crippen LogP contribution >= 0.6 is 11.6 Å². The van der Waals surface area contributed by atoms with Crippen LogP contribution in [-0.2, 0) is 0 Å². The Morgan fingerprint density at radius 1 is 1.57 bits per heavy atom. The first-order valence-electron chi connectivity index (χ1n) is 4.54. The van der Waals surface area contributed by atoms with E-state index in [-0.39, 0.29) is 17.2 Å². The van der Waals surface area contributed by atoms with Crippen LogP contribution in [0.5, 0.6) is 5.75 Å². The molecule has 0 fully saturated rings. The van der Waals surface area contributed by atoms with Crippen molar-refractivity contribution in [3.05, 3.63) is 28.5 Å². The standard InChI is InChI=1S/C10H11ClFNO/c1-2-8-10(13)5-3-6(11)7(12)4-9(5)14-8/h3-4,8,10H,2,13H2,1H3. The first kappa shape index (κ1) is 9.74. The van der Waals surface area contributed by atoms with Gasteiger partial charge in [-0.2, -0.15) is 0 Å². The molecule has 2 unspecified atom stereocenters. The Bertz CT molecular complexity index is 369. The summed E-state index contributed by atoms with van der Waals surface area (Å²) in [5.74, 6) is 0.0561. The largest absolute Gasteiger partial charge is 0.488 e. The average molecular weight is 216 g/mol. The smallest absolute Gasteiger partial charge is 0.145 e.